The number of halogens is 6. The quantitative estimate of drug-likeness (QED) is 0.147. The van der Waals surface area contributed by atoms with Crippen LogP contribution in [0, 0.1) is 39.0 Å². The number of nitrogens with zero attached hydrogens (tertiary/aromatic N) is 3. The highest BCUT2D eigenvalue weighted by Crippen LogP contribution is 2.48. The lowest BCUT2D eigenvalue weighted by Crippen LogP contribution is -2.15. The highest BCUT2D eigenvalue weighted by atomic mass is 19.4. The van der Waals surface area contributed by atoms with Gasteiger partial charge in [-0.25, -0.2) is 0 Å². The van der Waals surface area contributed by atoms with E-state index in [1.165, 1.54) is 12.1 Å². The van der Waals surface area contributed by atoms with Crippen LogP contribution in [0.5, 0.6) is 0 Å². The van der Waals surface area contributed by atoms with Crippen LogP contribution in [0.25, 0.3) is 111 Å². The molecule has 3 nitrogen and oxygen atoms in total. The summed E-state index contributed by atoms with van der Waals surface area (Å²) in [5, 5.41) is 14.8. The Morgan fingerprint density at radius 1 is 0.329 bits per heavy atom. The van der Waals surface area contributed by atoms with Gasteiger partial charge in [0, 0.05) is 27.1 Å². The summed E-state index contributed by atoms with van der Waals surface area (Å²) in [6.45, 7) is 8.06. The van der Waals surface area contributed by atoms with Gasteiger partial charge in [-0.15, -0.1) is 0 Å². The van der Waals surface area contributed by atoms with Crippen molar-refractivity contribution in [2.45, 2.75) is 40.0 Å². The molecule has 0 spiro atoms. The van der Waals surface area contributed by atoms with Gasteiger partial charge in [0.15, 0.2) is 0 Å². The molecule has 9 heteroatoms. The Morgan fingerprint density at radius 3 is 0.868 bits per heavy atom. The molecule has 0 atom stereocenters. The third-order valence-corrected chi connectivity index (χ3v) is 14.6. The maximum Gasteiger partial charge on any atom is 0.417 e. The highest BCUT2D eigenvalue weighted by Gasteiger charge is 2.41. The zero-order valence-corrected chi connectivity index (χ0v) is 41.7. The normalized spacial score (nSPS) is 12.1. The molecular formula is C67H45F6N3. The molecule has 2 heterocycles. The molecule has 0 saturated carbocycles. The van der Waals surface area contributed by atoms with Gasteiger partial charge in [-0.05, 0) is 151 Å². The van der Waals surface area contributed by atoms with Crippen molar-refractivity contribution in [3.8, 4) is 73.1 Å². The second kappa shape index (κ2) is 18.1. The minimum atomic E-state index is -5.19. The number of rotatable bonds is 7. The summed E-state index contributed by atoms with van der Waals surface area (Å²) in [5.74, 6) is 0. The van der Waals surface area contributed by atoms with Crippen LogP contribution in [0.4, 0.5) is 26.3 Å². The lowest BCUT2D eigenvalue weighted by atomic mass is 9.91. The summed E-state index contributed by atoms with van der Waals surface area (Å²) in [7, 11) is 0. The summed E-state index contributed by atoms with van der Waals surface area (Å²) in [6.07, 6.45) is -10.4. The number of alkyl halides is 6. The minimum absolute atomic E-state index is 0.0374. The Labute approximate surface area is 434 Å². The SMILES string of the molecule is Cc1cccc(-c2ccc3c(c2)c2cc(-c4cccc(C)c4)ccc2n3-c2cc(-c3c(C(F)(F)F)cccc3C(F)(F)F)cc(-n3c4ccc(-c5cccc(C)c5)cc4c4cc(-c5cccc(C)c5)ccc43)c2C#N)c1. The Hall–Kier alpha value is -9.13. The number of aromatic nitrogens is 2. The largest absolute Gasteiger partial charge is 0.417 e. The van der Waals surface area contributed by atoms with Crippen LogP contribution in [0.2, 0.25) is 0 Å². The summed E-state index contributed by atoms with van der Waals surface area (Å²) in [4.78, 5) is 0. The van der Waals surface area contributed by atoms with Crippen LogP contribution >= 0.6 is 0 Å². The number of nitriles is 1. The Bertz CT molecular complexity index is 3920. The fourth-order valence-corrected chi connectivity index (χ4v) is 11.1. The summed E-state index contributed by atoms with van der Waals surface area (Å²) < 4.78 is 96.1. The van der Waals surface area contributed by atoms with E-state index < -0.39 is 29.0 Å². The van der Waals surface area contributed by atoms with Crippen molar-refractivity contribution < 1.29 is 26.3 Å². The zero-order valence-electron chi connectivity index (χ0n) is 41.7. The summed E-state index contributed by atoms with van der Waals surface area (Å²) in [6, 6.07) is 63.4. The molecule has 0 unspecified atom stereocenters. The molecule has 370 valence electrons. The minimum Gasteiger partial charge on any atom is -0.308 e. The van der Waals surface area contributed by atoms with Gasteiger partial charge < -0.3 is 9.13 Å². The van der Waals surface area contributed by atoms with Crippen LogP contribution in [0.1, 0.15) is 38.9 Å². The molecule has 0 N–H and O–H groups in total. The fraction of sp³-hybridized carbons (Fsp3) is 0.0896. The average molecular weight is 1010 g/mol. The third-order valence-electron chi connectivity index (χ3n) is 14.6. The van der Waals surface area contributed by atoms with Crippen molar-refractivity contribution in [3.63, 3.8) is 0 Å². The maximum atomic E-state index is 15.4. The van der Waals surface area contributed by atoms with Gasteiger partial charge in [0.05, 0.1) is 44.6 Å². The van der Waals surface area contributed by atoms with Crippen molar-refractivity contribution >= 4 is 43.6 Å². The Kier molecular flexibility index (Phi) is 11.4. The van der Waals surface area contributed by atoms with E-state index >= 15 is 26.3 Å². The maximum absolute atomic E-state index is 15.4. The monoisotopic (exact) mass is 1010 g/mol. The predicted octanol–water partition coefficient (Wildman–Crippen LogP) is 19.4. The third kappa shape index (κ3) is 8.27. The number of benzene rings is 10. The average Bonchev–Trinajstić information content (AvgIpc) is 3.96. The molecule has 0 saturated heterocycles. The molecular weight excluding hydrogens is 961 g/mol. The van der Waals surface area contributed by atoms with Crippen LogP contribution in [0.3, 0.4) is 0 Å². The van der Waals surface area contributed by atoms with E-state index in [9.17, 15) is 5.26 Å². The lowest BCUT2D eigenvalue weighted by Gasteiger charge is -2.22. The van der Waals surface area contributed by atoms with Crippen molar-refractivity contribution in [1.29, 1.82) is 5.26 Å². The molecule has 2 aromatic heterocycles. The fourth-order valence-electron chi connectivity index (χ4n) is 11.1. The molecule has 10 aromatic carbocycles. The zero-order chi connectivity index (χ0) is 52.8. The summed E-state index contributed by atoms with van der Waals surface area (Å²) >= 11 is 0. The van der Waals surface area contributed by atoms with Crippen LogP contribution in [0.15, 0.2) is 200 Å². The van der Waals surface area contributed by atoms with Gasteiger partial charge in [-0.2, -0.15) is 31.6 Å². The van der Waals surface area contributed by atoms with Gasteiger partial charge >= 0.3 is 12.4 Å². The Morgan fingerprint density at radius 2 is 0.605 bits per heavy atom. The van der Waals surface area contributed by atoms with Crippen LogP contribution < -0.4 is 0 Å². The molecule has 0 aliphatic carbocycles. The van der Waals surface area contributed by atoms with Crippen molar-refractivity contribution in [3.05, 3.63) is 239 Å². The first kappa shape index (κ1) is 47.8. The van der Waals surface area contributed by atoms with E-state index in [1.54, 1.807) is 0 Å². The van der Waals surface area contributed by atoms with E-state index in [2.05, 4.69) is 54.6 Å². The van der Waals surface area contributed by atoms with Gasteiger partial charge in [0.1, 0.15) is 11.6 Å². The van der Waals surface area contributed by atoms with Crippen molar-refractivity contribution in [2.24, 2.45) is 0 Å². The topological polar surface area (TPSA) is 33.6 Å². The number of fused-ring (bicyclic) bond motifs is 6. The summed E-state index contributed by atoms with van der Waals surface area (Å²) in [5.41, 5.74) is 10.0. The predicted molar refractivity (Wildman–Crippen MR) is 296 cm³/mol. The van der Waals surface area contributed by atoms with E-state index in [-0.39, 0.29) is 22.5 Å². The molecule has 0 amide bonds. The second-order valence-corrected chi connectivity index (χ2v) is 19.8. The van der Waals surface area contributed by atoms with E-state index in [0.717, 1.165) is 94.4 Å². The Balaban J connectivity index is 1.23. The molecule has 0 aliphatic rings. The van der Waals surface area contributed by atoms with Crippen LogP contribution in [-0.2, 0) is 12.4 Å². The van der Waals surface area contributed by atoms with E-state index in [4.69, 9.17) is 0 Å². The first-order valence-corrected chi connectivity index (χ1v) is 24.8. The van der Waals surface area contributed by atoms with E-state index in [1.807, 2.05) is 158 Å². The molecule has 12 aromatic rings. The molecule has 76 heavy (non-hydrogen) atoms. The molecule has 0 aliphatic heterocycles. The molecule has 0 radical (unpaired) electrons. The van der Waals surface area contributed by atoms with E-state index in [0.29, 0.717) is 34.2 Å². The van der Waals surface area contributed by atoms with Gasteiger partial charge in [-0.3, -0.25) is 0 Å². The molecule has 12 rings (SSSR count). The standard InChI is InChI=1S/C67H45F6N3/c1-39-10-5-14-43(28-39)47-20-24-59-52(32-47)53-33-48(44-15-6-11-40(2)29-44)21-25-60(53)75(59)63-36-51(65-57(66(68,69)70)18-9-19-58(65)67(71,72)73)37-64(56(63)38-74)76-61-26-22-49(45-16-7-12-41(3)30-45)34-54(61)55-35-50(23-27-62(55)76)46-17-8-13-42(4)31-46/h5-37H,1-4H3. The molecule has 0 bridgehead atoms. The number of hydrogen-bond donors (Lipinski definition) is 0. The second-order valence-electron chi connectivity index (χ2n) is 19.8. The van der Waals surface area contributed by atoms with Crippen molar-refractivity contribution in [2.75, 3.05) is 0 Å². The van der Waals surface area contributed by atoms with Gasteiger partial charge in [-0.1, -0.05) is 150 Å². The highest BCUT2D eigenvalue weighted by molar-refractivity contribution is 6.14. The van der Waals surface area contributed by atoms with Crippen molar-refractivity contribution in [1.82, 2.24) is 9.13 Å². The first-order valence-electron chi connectivity index (χ1n) is 24.8. The van der Waals surface area contributed by atoms with Gasteiger partial charge in [0.25, 0.3) is 0 Å². The molecule has 0 fully saturated rings. The van der Waals surface area contributed by atoms with Crippen LogP contribution in [-0.4, -0.2) is 9.13 Å². The first-order chi connectivity index (χ1) is 36.5. The lowest BCUT2D eigenvalue weighted by molar-refractivity contribution is -0.142. The number of aryl methyl sites for hydroxylation is 4. The smallest absolute Gasteiger partial charge is 0.308 e. The number of hydrogen-bond acceptors (Lipinski definition) is 1. The van der Waals surface area contributed by atoms with Gasteiger partial charge in [0.2, 0.25) is 0 Å².